The lowest BCUT2D eigenvalue weighted by atomic mass is 10.00. The largest absolute Gasteiger partial charge is 0.298 e. The number of aliphatic imine (C=N–C) groups is 1. The number of halogens is 2. The SMILES string of the molecule is Cc1nc(-c2ccccn2)c2n1-c1ccc(Cl)cc1C(c1ccccc1F)=NC2. The number of aryl methyl sites for hydroxylation is 1. The lowest BCUT2D eigenvalue weighted by molar-refractivity contribution is 0.625. The summed E-state index contributed by atoms with van der Waals surface area (Å²) in [5, 5.41) is 0.568. The summed E-state index contributed by atoms with van der Waals surface area (Å²) in [5.41, 5.74) is 5.15. The number of hydrogen-bond acceptors (Lipinski definition) is 3. The first-order valence-corrected chi connectivity index (χ1v) is 9.60. The van der Waals surface area contributed by atoms with Crippen LogP contribution in [0.1, 0.15) is 22.6 Å². The molecule has 1 aliphatic heterocycles. The van der Waals surface area contributed by atoms with Gasteiger partial charge in [0.25, 0.3) is 0 Å². The number of pyridine rings is 1. The minimum absolute atomic E-state index is 0.316. The maximum absolute atomic E-state index is 14.6. The average molecular weight is 403 g/mol. The average Bonchev–Trinajstić information content (AvgIpc) is 2.96. The van der Waals surface area contributed by atoms with Gasteiger partial charge in [0, 0.05) is 22.3 Å². The number of nitrogens with zero attached hydrogens (tertiary/aromatic N) is 4. The Kier molecular flexibility index (Phi) is 4.25. The van der Waals surface area contributed by atoms with Crippen molar-refractivity contribution in [3.63, 3.8) is 0 Å². The molecule has 5 rings (SSSR count). The number of aromatic nitrogens is 3. The van der Waals surface area contributed by atoms with Crippen molar-refractivity contribution >= 4 is 17.3 Å². The summed E-state index contributed by atoms with van der Waals surface area (Å²) in [7, 11) is 0. The molecule has 142 valence electrons. The number of imidazole rings is 1. The normalized spacial score (nSPS) is 12.7. The zero-order valence-electron chi connectivity index (χ0n) is 15.6. The van der Waals surface area contributed by atoms with E-state index in [9.17, 15) is 4.39 Å². The summed E-state index contributed by atoms with van der Waals surface area (Å²) >= 11 is 6.31. The molecule has 1 aliphatic rings. The maximum Gasteiger partial charge on any atom is 0.132 e. The van der Waals surface area contributed by atoms with E-state index < -0.39 is 0 Å². The Morgan fingerprint density at radius 3 is 2.62 bits per heavy atom. The molecule has 2 aromatic carbocycles. The van der Waals surface area contributed by atoms with Gasteiger partial charge in [0.15, 0.2) is 0 Å². The molecule has 6 heteroatoms. The second-order valence-corrected chi connectivity index (χ2v) is 7.25. The third-order valence-corrected chi connectivity index (χ3v) is 5.25. The van der Waals surface area contributed by atoms with Crippen LogP contribution in [0.25, 0.3) is 17.1 Å². The Labute approximate surface area is 172 Å². The highest BCUT2D eigenvalue weighted by molar-refractivity contribution is 6.31. The molecule has 0 saturated heterocycles. The first-order valence-electron chi connectivity index (χ1n) is 9.23. The van der Waals surface area contributed by atoms with Gasteiger partial charge in [-0.15, -0.1) is 0 Å². The fourth-order valence-electron chi connectivity index (χ4n) is 3.77. The summed E-state index contributed by atoms with van der Waals surface area (Å²) in [5.74, 6) is 0.498. The van der Waals surface area contributed by atoms with Crippen molar-refractivity contribution in [1.29, 1.82) is 0 Å². The standard InChI is InChI=1S/C23H16ClFN4/c1-14-28-23(19-8-4-5-11-26-19)21-13-27-22(16-6-2-3-7-18(16)25)17-12-15(24)9-10-20(17)29(14)21/h2-12H,13H2,1H3. The molecular weight excluding hydrogens is 387 g/mol. The zero-order valence-corrected chi connectivity index (χ0v) is 16.4. The molecule has 3 heterocycles. The van der Waals surface area contributed by atoms with Crippen LogP contribution < -0.4 is 0 Å². The van der Waals surface area contributed by atoms with Crippen LogP contribution in [0.15, 0.2) is 71.9 Å². The van der Waals surface area contributed by atoms with Crippen LogP contribution in [0.5, 0.6) is 0 Å². The van der Waals surface area contributed by atoms with Gasteiger partial charge in [-0.2, -0.15) is 0 Å². The van der Waals surface area contributed by atoms with Gasteiger partial charge in [-0.3, -0.25) is 14.5 Å². The Balaban J connectivity index is 1.80. The van der Waals surface area contributed by atoms with Crippen LogP contribution in [0.2, 0.25) is 5.02 Å². The predicted molar refractivity (Wildman–Crippen MR) is 112 cm³/mol. The molecule has 2 aromatic heterocycles. The highest BCUT2D eigenvalue weighted by Gasteiger charge is 2.25. The van der Waals surface area contributed by atoms with Gasteiger partial charge in [-0.1, -0.05) is 29.8 Å². The van der Waals surface area contributed by atoms with E-state index in [0.29, 0.717) is 22.8 Å². The van der Waals surface area contributed by atoms with Crippen molar-refractivity contribution in [3.8, 4) is 17.1 Å². The van der Waals surface area contributed by atoms with Crippen molar-refractivity contribution in [2.45, 2.75) is 13.5 Å². The van der Waals surface area contributed by atoms with E-state index in [1.54, 1.807) is 18.3 Å². The van der Waals surface area contributed by atoms with Crippen molar-refractivity contribution in [1.82, 2.24) is 14.5 Å². The maximum atomic E-state index is 14.6. The lowest BCUT2D eigenvalue weighted by Crippen LogP contribution is -2.09. The highest BCUT2D eigenvalue weighted by Crippen LogP contribution is 2.33. The van der Waals surface area contributed by atoms with E-state index in [4.69, 9.17) is 21.6 Å². The van der Waals surface area contributed by atoms with Crippen LogP contribution in [0.4, 0.5) is 4.39 Å². The molecule has 0 atom stereocenters. The molecular formula is C23H16ClFN4. The van der Waals surface area contributed by atoms with Gasteiger partial charge in [-0.05, 0) is 49.4 Å². The van der Waals surface area contributed by atoms with Crippen LogP contribution in [-0.4, -0.2) is 20.2 Å². The molecule has 0 spiro atoms. The molecule has 0 aliphatic carbocycles. The Morgan fingerprint density at radius 1 is 1.00 bits per heavy atom. The van der Waals surface area contributed by atoms with E-state index >= 15 is 0 Å². The molecule has 4 nitrogen and oxygen atoms in total. The smallest absolute Gasteiger partial charge is 0.132 e. The monoisotopic (exact) mass is 402 g/mol. The third-order valence-electron chi connectivity index (χ3n) is 5.02. The fourth-order valence-corrected chi connectivity index (χ4v) is 3.94. The quantitative estimate of drug-likeness (QED) is 0.451. The minimum atomic E-state index is -0.316. The van der Waals surface area contributed by atoms with Crippen molar-refractivity contribution in [2.75, 3.05) is 0 Å². The molecule has 0 amide bonds. The highest BCUT2D eigenvalue weighted by atomic mass is 35.5. The van der Waals surface area contributed by atoms with Crippen molar-refractivity contribution < 1.29 is 4.39 Å². The Bertz CT molecular complexity index is 1260. The molecule has 0 bridgehead atoms. The van der Waals surface area contributed by atoms with Crippen molar-refractivity contribution in [3.05, 3.63) is 100 Å². The molecule has 29 heavy (non-hydrogen) atoms. The summed E-state index contributed by atoms with van der Waals surface area (Å²) in [6.07, 6.45) is 1.74. The third kappa shape index (κ3) is 2.95. The van der Waals surface area contributed by atoms with E-state index in [1.165, 1.54) is 6.07 Å². The van der Waals surface area contributed by atoms with E-state index in [1.807, 2.05) is 49.4 Å². The van der Waals surface area contributed by atoms with E-state index in [2.05, 4.69) is 9.55 Å². The summed E-state index contributed by atoms with van der Waals surface area (Å²) in [4.78, 5) is 14.0. The lowest BCUT2D eigenvalue weighted by Gasteiger charge is -2.14. The van der Waals surface area contributed by atoms with Gasteiger partial charge in [0.05, 0.1) is 29.3 Å². The second kappa shape index (κ2) is 6.94. The summed E-state index contributed by atoms with van der Waals surface area (Å²) in [6, 6.07) is 18.0. The molecule has 0 N–H and O–H groups in total. The molecule has 0 saturated carbocycles. The Morgan fingerprint density at radius 2 is 1.83 bits per heavy atom. The Hall–Kier alpha value is -3.31. The van der Waals surface area contributed by atoms with E-state index in [-0.39, 0.29) is 5.82 Å². The fraction of sp³-hybridized carbons (Fsp3) is 0.0870. The first kappa shape index (κ1) is 17.8. The minimum Gasteiger partial charge on any atom is -0.298 e. The van der Waals surface area contributed by atoms with Gasteiger partial charge in [0.1, 0.15) is 17.3 Å². The van der Waals surface area contributed by atoms with Crippen molar-refractivity contribution in [2.24, 2.45) is 4.99 Å². The molecule has 4 aromatic rings. The number of rotatable bonds is 2. The number of fused-ring (bicyclic) bond motifs is 3. The van der Waals surface area contributed by atoms with Crippen LogP contribution in [-0.2, 0) is 6.54 Å². The number of hydrogen-bond donors (Lipinski definition) is 0. The van der Waals surface area contributed by atoms with Crippen LogP contribution >= 0.6 is 11.6 Å². The predicted octanol–water partition coefficient (Wildman–Crippen LogP) is 5.39. The molecule has 0 radical (unpaired) electrons. The van der Waals surface area contributed by atoms with Gasteiger partial charge < -0.3 is 0 Å². The van der Waals surface area contributed by atoms with Crippen LogP contribution in [0.3, 0.4) is 0 Å². The topological polar surface area (TPSA) is 43.1 Å². The zero-order chi connectivity index (χ0) is 20.0. The van der Waals surface area contributed by atoms with Gasteiger partial charge in [0.2, 0.25) is 0 Å². The summed E-state index contributed by atoms with van der Waals surface area (Å²) < 4.78 is 16.7. The summed E-state index contributed by atoms with van der Waals surface area (Å²) in [6.45, 7) is 2.30. The first-order chi connectivity index (χ1) is 14.1. The second-order valence-electron chi connectivity index (χ2n) is 6.81. The van der Waals surface area contributed by atoms with E-state index in [0.717, 1.165) is 34.2 Å². The number of benzene rings is 2. The molecule has 0 fully saturated rings. The molecule has 0 unspecified atom stereocenters. The van der Waals surface area contributed by atoms with Gasteiger partial charge >= 0.3 is 0 Å². The van der Waals surface area contributed by atoms with Crippen LogP contribution in [0, 0.1) is 12.7 Å². The van der Waals surface area contributed by atoms with Gasteiger partial charge in [-0.25, -0.2) is 9.37 Å².